The number of ether oxygens (including phenoxy) is 2. The lowest BCUT2D eigenvalue weighted by molar-refractivity contribution is -0.168. The molecule has 2 atom stereocenters. The molecule has 0 radical (unpaired) electrons. The minimum atomic E-state index is -1.05. The summed E-state index contributed by atoms with van der Waals surface area (Å²) in [6, 6.07) is 14.9. The second-order valence-corrected chi connectivity index (χ2v) is 8.69. The normalized spacial score (nSPS) is 22.7. The first-order chi connectivity index (χ1) is 14.6. The van der Waals surface area contributed by atoms with Crippen LogP contribution in [0, 0.1) is 11.7 Å². The molecule has 4 nitrogen and oxygen atoms in total. The molecule has 30 heavy (non-hydrogen) atoms. The van der Waals surface area contributed by atoms with Gasteiger partial charge in [0.1, 0.15) is 11.6 Å². The van der Waals surface area contributed by atoms with E-state index in [1.165, 1.54) is 17.7 Å². The molecule has 0 bridgehead atoms. The van der Waals surface area contributed by atoms with Gasteiger partial charge >= 0.3 is 0 Å². The van der Waals surface area contributed by atoms with E-state index in [2.05, 4.69) is 29.2 Å². The standard InChI is InChI=1S/C25H32FNO3/c1-29-23-12-11-22(26)15-20(23)16-25(28,21-9-5-6-10-21)24-18-27(13-14-30-24)17-19-7-3-2-4-8-19/h2-4,7-8,11-12,15,21,24,28H,5-6,9-10,13-14,16-18H2,1H3. The van der Waals surface area contributed by atoms with Gasteiger partial charge in [0, 0.05) is 26.1 Å². The van der Waals surface area contributed by atoms with Crippen molar-refractivity contribution < 1.29 is 19.0 Å². The van der Waals surface area contributed by atoms with Crippen molar-refractivity contribution in [1.82, 2.24) is 4.90 Å². The van der Waals surface area contributed by atoms with Gasteiger partial charge < -0.3 is 14.6 Å². The van der Waals surface area contributed by atoms with E-state index in [-0.39, 0.29) is 17.8 Å². The van der Waals surface area contributed by atoms with Crippen LogP contribution in [0.1, 0.15) is 36.8 Å². The zero-order valence-electron chi connectivity index (χ0n) is 17.7. The van der Waals surface area contributed by atoms with Crippen LogP contribution in [0.5, 0.6) is 5.75 Å². The Kier molecular flexibility index (Phi) is 6.71. The average molecular weight is 414 g/mol. The Labute approximate surface area is 178 Å². The summed E-state index contributed by atoms with van der Waals surface area (Å²) in [7, 11) is 1.59. The van der Waals surface area contributed by atoms with Crippen molar-refractivity contribution >= 4 is 0 Å². The van der Waals surface area contributed by atoms with Gasteiger partial charge in [-0.25, -0.2) is 4.39 Å². The van der Waals surface area contributed by atoms with Crippen LogP contribution in [0.2, 0.25) is 0 Å². The van der Waals surface area contributed by atoms with Crippen LogP contribution >= 0.6 is 0 Å². The SMILES string of the molecule is COc1ccc(F)cc1CC(O)(C1CCCC1)C1CN(Cc2ccccc2)CCO1. The topological polar surface area (TPSA) is 41.9 Å². The summed E-state index contributed by atoms with van der Waals surface area (Å²) in [6.45, 7) is 2.94. The lowest BCUT2D eigenvalue weighted by Gasteiger charge is -2.45. The Morgan fingerprint density at radius 1 is 1.17 bits per heavy atom. The average Bonchev–Trinajstić information content (AvgIpc) is 3.30. The molecule has 2 aliphatic rings. The molecular formula is C25H32FNO3. The van der Waals surface area contributed by atoms with E-state index in [1.807, 2.05) is 6.07 Å². The number of hydrogen-bond donors (Lipinski definition) is 1. The Balaban J connectivity index is 1.57. The van der Waals surface area contributed by atoms with Crippen molar-refractivity contribution in [3.63, 3.8) is 0 Å². The molecule has 2 aromatic rings. The van der Waals surface area contributed by atoms with Gasteiger partial charge in [-0.15, -0.1) is 0 Å². The van der Waals surface area contributed by atoms with Crippen LogP contribution in [0.4, 0.5) is 4.39 Å². The number of hydrogen-bond acceptors (Lipinski definition) is 4. The van der Waals surface area contributed by atoms with Crippen LogP contribution in [0.15, 0.2) is 48.5 Å². The van der Waals surface area contributed by atoms with Gasteiger partial charge in [0.15, 0.2) is 0 Å². The largest absolute Gasteiger partial charge is 0.496 e. The predicted octanol–water partition coefficient (Wildman–Crippen LogP) is 4.20. The third-order valence-corrected chi connectivity index (χ3v) is 6.74. The molecule has 1 saturated carbocycles. The highest BCUT2D eigenvalue weighted by atomic mass is 19.1. The number of aliphatic hydroxyl groups is 1. The van der Waals surface area contributed by atoms with E-state index < -0.39 is 5.60 Å². The summed E-state index contributed by atoms with van der Waals surface area (Å²) in [6.07, 6.45) is 4.22. The van der Waals surface area contributed by atoms with Gasteiger partial charge in [0.25, 0.3) is 0 Å². The Morgan fingerprint density at radius 2 is 1.93 bits per heavy atom. The third kappa shape index (κ3) is 4.69. The summed E-state index contributed by atoms with van der Waals surface area (Å²) in [5, 5.41) is 12.1. The first-order valence-electron chi connectivity index (χ1n) is 11.0. The molecule has 2 fully saturated rings. The lowest BCUT2D eigenvalue weighted by atomic mass is 9.76. The maximum absolute atomic E-state index is 14.0. The molecule has 2 aromatic carbocycles. The van der Waals surface area contributed by atoms with E-state index in [0.29, 0.717) is 30.9 Å². The molecule has 1 aliphatic carbocycles. The molecule has 4 rings (SSSR count). The van der Waals surface area contributed by atoms with Crippen LogP contribution in [-0.4, -0.2) is 48.5 Å². The molecule has 2 unspecified atom stereocenters. The number of nitrogens with zero attached hydrogens (tertiary/aromatic N) is 1. The van der Waals surface area contributed by atoms with E-state index in [0.717, 1.165) is 38.8 Å². The summed E-state index contributed by atoms with van der Waals surface area (Å²) in [5.41, 5.74) is 0.914. The van der Waals surface area contributed by atoms with Gasteiger partial charge in [0.2, 0.25) is 0 Å². The molecule has 1 heterocycles. The maximum Gasteiger partial charge on any atom is 0.123 e. The Hall–Kier alpha value is -1.95. The van der Waals surface area contributed by atoms with Gasteiger partial charge in [-0.3, -0.25) is 4.90 Å². The van der Waals surface area contributed by atoms with Crippen molar-refractivity contribution in [3.8, 4) is 5.75 Å². The second kappa shape index (κ2) is 9.46. The predicted molar refractivity (Wildman–Crippen MR) is 115 cm³/mol. The van der Waals surface area contributed by atoms with E-state index in [9.17, 15) is 9.50 Å². The Morgan fingerprint density at radius 3 is 2.67 bits per heavy atom. The number of benzene rings is 2. The smallest absolute Gasteiger partial charge is 0.123 e. The maximum atomic E-state index is 14.0. The van der Waals surface area contributed by atoms with Crippen molar-refractivity contribution in [1.29, 1.82) is 0 Å². The zero-order valence-corrected chi connectivity index (χ0v) is 17.7. The monoisotopic (exact) mass is 413 g/mol. The zero-order chi connectivity index (χ0) is 21.0. The molecule has 0 amide bonds. The summed E-state index contributed by atoms with van der Waals surface area (Å²) >= 11 is 0. The molecule has 1 saturated heterocycles. The molecule has 0 aromatic heterocycles. The first-order valence-corrected chi connectivity index (χ1v) is 11.0. The molecule has 0 spiro atoms. The van der Waals surface area contributed by atoms with Crippen LogP contribution < -0.4 is 4.74 Å². The van der Waals surface area contributed by atoms with Crippen LogP contribution in [-0.2, 0) is 17.7 Å². The second-order valence-electron chi connectivity index (χ2n) is 8.69. The number of morpholine rings is 1. The van der Waals surface area contributed by atoms with E-state index >= 15 is 0 Å². The minimum Gasteiger partial charge on any atom is -0.496 e. The van der Waals surface area contributed by atoms with Crippen LogP contribution in [0.25, 0.3) is 0 Å². The van der Waals surface area contributed by atoms with Crippen molar-refractivity contribution in [2.24, 2.45) is 5.92 Å². The fourth-order valence-electron chi connectivity index (χ4n) is 5.13. The fourth-order valence-corrected chi connectivity index (χ4v) is 5.13. The third-order valence-electron chi connectivity index (χ3n) is 6.74. The highest BCUT2D eigenvalue weighted by Gasteiger charge is 2.47. The molecular weight excluding hydrogens is 381 g/mol. The quantitative estimate of drug-likeness (QED) is 0.739. The molecule has 5 heteroatoms. The fraction of sp³-hybridized carbons (Fsp3) is 0.520. The van der Waals surface area contributed by atoms with Crippen molar-refractivity contribution in [2.75, 3.05) is 26.8 Å². The van der Waals surface area contributed by atoms with Crippen LogP contribution in [0.3, 0.4) is 0 Å². The van der Waals surface area contributed by atoms with E-state index in [4.69, 9.17) is 9.47 Å². The highest BCUT2D eigenvalue weighted by Crippen LogP contribution is 2.41. The lowest BCUT2D eigenvalue weighted by Crippen LogP contribution is -2.58. The molecule has 162 valence electrons. The van der Waals surface area contributed by atoms with E-state index in [1.54, 1.807) is 13.2 Å². The summed E-state index contributed by atoms with van der Waals surface area (Å²) in [4.78, 5) is 2.35. The Bertz CT molecular complexity index is 824. The van der Waals surface area contributed by atoms with Crippen molar-refractivity contribution in [3.05, 3.63) is 65.5 Å². The van der Waals surface area contributed by atoms with Gasteiger partial charge in [-0.05, 0) is 48.1 Å². The van der Waals surface area contributed by atoms with Crippen molar-refractivity contribution in [2.45, 2.75) is 50.4 Å². The molecule has 1 N–H and O–H groups in total. The highest BCUT2D eigenvalue weighted by molar-refractivity contribution is 5.35. The number of methoxy groups -OCH3 is 1. The molecule has 1 aliphatic heterocycles. The van der Waals surface area contributed by atoms with Gasteiger partial charge in [-0.2, -0.15) is 0 Å². The number of rotatable bonds is 7. The number of halogens is 1. The first kappa shape index (κ1) is 21.3. The van der Waals surface area contributed by atoms with Gasteiger partial charge in [-0.1, -0.05) is 43.2 Å². The van der Waals surface area contributed by atoms with Gasteiger partial charge in [0.05, 0.1) is 25.4 Å². The minimum absolute atomic E-state index is 0.146. The summed E-state index contributed by atoms with van der Waals surface area (Å²) in [5.74, 6) is 0.451. The summed E-state index contributed by atoms with van der Waals surface area (Å²) < 4.78 is 25.6.